The maximum Gasteiger partial charge on any atom is 0.483 e. The number of phosphoric ester groups is 2. The number of nitrogens with zero attached hydrogens (tertiary/aromatic N) is 4. The van der Waals surface area contributed by atoms with Crippen LogP contribution in [-0.4, -0.2) is 107 Å². The molecule has 3 rings (SSSR count). The lowest BCUT2D eigenvalue weighted by atomic mass is 9.98. The van der Waals surface area contributed by atoms with Crippen molar-refractivity contribution in [1.29, 1.82) is 0 Å². The van der Waals surface area contributed by atoms with Crippen molar-refractivity contribution in [3.63, 3.8) is 0 Å². The van der Waals surface area contributed by atoms with Crippen molar-refractivity contribution in [3.05, 3.63) is 43.5 Å². The topological polar surface area (TPSA) is 326 Å². The lowest BCUT2D eigenvalue weighted by molar-refractivity contribution is -0.242. The molecule has 21 nitrogen and oxygen atoms in total. The van der Waals surface area contributed by atoms with Gasteiger partial charge in [-0.2, -0.15) is 4.31 Å². The molecule has 11 atom stereocenters. The fourth-order valence-electron chi connectivity index (χ4n) is 3.53. The predicted octanol–water partition coefficient (Wildman–Crippen LogP) is -3.48. The number of H-pyrrole nitrogens is 1. The Balaban J connectivity index is 1.65. The summed E-state index contributed by atoms with van der Waals surface area (Å²) in [4.78, 5) is 47.2. The van der Waals surface area contributed by atoms with Crippen LogP contribution in [0.4, 0.5) is 0 Å². The van der Waals surface area contributed by atoms with E-state index in [4.69, 9.17) is 15.0 Å². The van der Waals surface area contributed by atoms with Crippen molar-refractivity contribution in [2.24, 2.45) is 5.11 Å². The fourth-order valence-corrected chi connectivity index (χ4v) is 5.69. The monoisotopic (exact) mass is 591 g/mol. The van der Waals surface area contributed by atoms with Gasteiger partial charge in [-0.05, 0) is 5.53 Å². The smallest absolute Gasteiger partial charge is 0.394 e. The molecule has 2 fully saturated rings. The summed E-state index contributed by atoms with van der Waals surface area (Å²) in [6.45, 7) is -1.96. The fraction of sp³-hybridized carbons (Fsp3) is 0.733. The minimum Gasteiger partial charge on any atom is -0.394 e. The first-order valence-electron chi connectivity index (χ1n) is 10.4. The largest absolute Gasteiger partial charge is 0.483 e. The number of hydrogen-bond donors (Lipinski definition) is 8. The van der Waals surface area contributed by atoms with Gasteiger partial charge < -0.3 is 44.8 Å². The number of nitrogens with one attached hydrogen (secondary N) is 1. The summed E-state index contributed by atoms with van der Waals surface area (Å²) in [6, 6.07) is -0.939. The van der Waals surface area contributed by atoms with Crippen LogP contribution in [0.25, 0.3) is 10.4 Å². The lowest BCUT2D eigenvalue weighted by Crippen LogP contribution is -2.58. The first-order valence-corrected chi connectivity index (χ1v) is 13.4. The average molecular weight is 591 g/mol. The molecule has 0 saturated carbocycles. The van der Waals surface area contributed by atoms with Gasteiger partial charge in [0.25, 0.3) is 5.56 Å². The molecule has 0 bridgehead atoms. The first-order chi connectivity index (χ1) is 17.7. The lowest BCUT2D eigenvalue weighted by Gasteiger charge is -2.40. The van der Waals surface area contributed by atoms with Gasteiger partial charge in [-0.3, -0.25) is 23.4 Å². The molecule has 1 aromatic rings. The minimum absolute atomic E-state index is 0.718. The number of hydrogen-bond acceptors (Lipinski definition) is 15. The number of aliphatic hydroxyl groups is 5. The van der Waals surface area contributed by atoms with Crippen molar-refractivity contribution in [2.75, 3.05) is 13.2 Å². The third-order valence-corrected chi connectivity index (χ3v) is 7.94. The zero-order valence-corrected chi connectivity index (χ0v) is 20.5. The Labute approximate surface area is 210 Å². The van der Waals surface area contributed by atoms with Crippen LogP contribution in [0.5, 0.6) is 0 Å². The van der Waals surface area contributed by atoms with Crippen molar-refractivity contribution in [3.8, 4) is 0 Å². The van der Waals surface area contributed by atoms with Crippen LogP contribution in [0.3, 0.4) is 0 Å². The van der Waals surface area contributed by atoms with E-state index in [1.165, 1.54) is 0 Å². The van der Waals surface area contributed by atoms with Gasteiger partial charge >= 0.3 is 21.3 Å². The molecule has 0 radical (unpaired) electrons. The van der Waals surface area contributed by atoms with Crippen LogP contribution in [0.1, 0.15) is 6.23 Å². The molecule has 23 heteroatoms. The summed E-state index contributed by atoms with van der Waals surface area (Å²) in [5.74, 6) is 0. The van der Waals surface area contributed by atoms with Crippen molar-refractivity contribution in [2.45, 2.75) is 55.2 Å². The summed E-state index contributed by atoms with van der Waals surface area (Å²) in [5.41, 5.74) is 6.87. The van der Waals surface area contributed by atoms with E-state index in [9.17, 15) is 54.0 Å². The number of phosphoric acid groups is 2. The molecule has 38 heavy (non-hydrogen) atoms. The zero-order valence-electron chi connectivity index (χ0n) is 18.8. The number of aromatic amines is 1. The second-order valence-corrected chi connectivity index (χ2v) is 10.9. The first kappa shape index (κ1) is 30.5. The van der Waals surface area contributed by atoms with Crippen LogP contribution in [0.15, 0.2) is 27.0 Å². The highest BCUT2D eigenvalue weighted by Gasteiger charge is 2.49. The molecule has 1 aromatic heterocycles. The predicted molar refractivity (Wildman–Crippen MR) is 116 cm³/mol. The van der Waals surface area contributed by atoms with Crippen molar-refractivity contribution < 1.29 is 67.3 Å². The molecule has 0 aromatic carbocycles. The average Bonchev–Trinajstić information content (AvgIpc) is 3.10. The highest BCUT2D eigenvalue weighted by molar-refractivity contribution is 7.61. The Morgan fingerprint density at radius 1 is 1.05 bits per heavy atom. The van der Waals surface area contributed by atoms with Gasteiger partial charge in [0.1, 0.15) is 36.6 Å². The second-order valence-electron chi connectivity index (χ2n) is 7.89. The molecular weight excluding hydrogens is 568 g/mol. The normalized spacial score (nSPS) is 36.7. The highest BCUT2D eigenvalue weighted by atomic mass is 31.3. The Bertz CT molecular complexity index is 1250. The Morgan fingerprint density at radius 2 is 1.71 bits per heavy atom. The molecule has 2 unspecified atom stereocenters. The van der Waals surface area contributed by atoms with E-state index in [1.54, 1.807) is 0 Å². The third-order valence-electron chi connectivity index (χ3n) is 5.34. The minimum atomic E-state index is -5.64. The van der Waals surface area contributed by atoms with Gasteiger partial charge in [0.2, 0.25) is 0 Å². The number of ether oxygens (including phenoxy) is 2. The van der Waals surface area contributed by atoms with Crippen LogP contribution in [-0.2, 0) is 32.0 Å². The van der Waals surface area contributed by atoms with Gasteiger partial charge in [-0.15, -0.1) is 0 Å². The molecule has 0 spiro atoms. The summed E-state index contributed by atoms with van der Waals surface area (Å²) in [7, 11) is -11.2. The van der Waals surface area contributed by atoms with Gasteiger partial charge in [0.15, 0.2) is 12.5 Å². The van der Waals surface area contributed by atoms with Crippen LogP contribution in [0, 0.1) is 0 Å². The van der Waals surface area contributed by atoms with Crippen LogP contribution >= 0.6 is 15.6 Å². The van der Waals surface area contributed by atoms with Crippen LogP contribution < -0.4 is 11.2 Å². The quantitative estimate of drug-likeness (QED) is 0.0567. The van der Waals surface area contributed by atoms with E-state index in [-0.39, 0.29) is 0 Å². The standard InChI is InChI=1S/C15H23N5O16P2/c16-19-18-8-11(25)9(23)5(3-21)34-14(8)35-38(30,31)36-37(28,29)32-4-6-10(24)12(26)13(33-6)20-2-1-7(22)17-15(20)27/h1-2,5-6,8-14,21,23-26H,3-4H2,(H,28,29)(H,30,31)(H,17,22,27)/t5-,6-,8-,9+,10-,11-,12-,13-,14-/m1/s1. The molecule has 2 aliphatic heterocycles. The molecule has 8 N–H and O–H groups in total. The maximum atomic E-state index is 12.3. The number of azide groups is 1. The molecular formula is C15H23N5O16P2. The number of rotatable bonds is 10. The molecule has 2 aliphatic rings. The van der Waals surface area contributed by atoms with Gasteiger partial charge in [-0.25, -0.2) is 13.9 Å². The highest BCUT2D eigenvalue weighted by Crippen LogP contribution is 2.61. The SMILES string of the molecule is [N-]=[N+]=N[C@H]1[C@@H](OP(=O)(O)OP(=O)(O)OC[C@H]2O[C@@H](n3ccc(=O)[nH]c3=O)[C@H](O)[C@@H]2O)O[C@H](CO)[C@H](O)[C@@H]1O. The van der Waals surface area contributed by atoms with Gasteiger partial charge in [-0.1, -0.05) is 5.11 Å². The van der Waals surface area contributed by atoms with E-state index >= 15 is 0 Å². The Morgan fingerprint density at radius 3 is 2.32 bits per heavy atom. The number of aromatic nitrogens is 2. The van der Waals surface area contributed by atoms with E-state index in [2.05, 4.69) is 23.4 Å². The molecule has 0 aliphatic carbocycles. The number of aliphatic hydroxyl groups excluding tert-OH is 5. The summed E-state index contributed by atoms with van der Waals surface area (Å²) in [5, 5.41) is 52.5. The van der Waals surface area contributed by atoms with E-state index in [0.29, 0.717) is 0 Å². The molecule has 2 saturated heterocycles. The summed E-state index contributed by atoms with van der Waals surface area (Å²) < 4.78 is 48.7. The summed E-state index contributed by atoms with van der Waals surface area (Å²) >= 11 is 0. The summed E-state index contributed by atoms with van der Waals surface area (Å²) in [6.07, 6.45) is -13.2. The van der Waals surface area contributed by atoms with E-state index in [1.807, 2.05) is 4.98 Å². The van der Waals surface area contributed by atoms with E-state index in [0.717, 1.165) is 16.8 Å². The third kappa shape index (κ3) is 6.93. The molecule has 214 valence electrons. The van der Waals surface area contributed by atoms with Crippen molar-refractivity contribution >= 4 is 15.6 Å². The van der Waals surface area contributed by atoms with Crippen molar-refractivity contribution in [1.82, 2.24) is 9.55 Å². The zero-order chi connectivity index (χ0) is 28.4. The second kappa shape index (κ2) is 12.0. The Kier molecular flexibility index (Phi) is 9.64. The van der Waals surface area contributed by atoms with Gasteiger partial charge in [0, 0.05) is 17.2 Å². The maximum absolute atomic E-state index is 12.3. The van der Waals surface area contributed by atoms with Crippen LogP contribution in [0.2, 0.25) is 0 Å². The Hall–Kier alpha value is -2.03. The molecule has 0 amide bonds. The van der Waals surface area contributed by atoms with Gasteiger partial charge in [0.05, 0.1) is 19.3 Å². The molecule has 3 heterocycles. The van der Waals surface area contributed by atoms with E-state index < -0.39 is 95.3 Å².